The molecule has 0 saturated carbocycles. The second-order valence-electron chi connectivity index (χ2n) is 16.5. The van der Waals surface area contributed by atoms with Gasteiger partial charge in [-0.2, -0.15) is 0 Å². The van der Waals surface area contributed by atoms with Crippen LogP contribution in [0.1, 0.15) is 35.9 Å². The summed E-state index contributed by atoms with van der Waals surface area (Å²) in [6.07, 6.45) is 4.02. The molecule has 5 aromatic carbocycles. The van der Waals surface area contributed by atoms with E-state index in [-0.39, 0.29) is 40.3 Å². The molecule has 2 radical (unpaired) electrons. The molecule has 5 aromatic heterocycles. The zero-order chi connectivity index (χ0) is 59.6. The average Bonchev–Trinajstić information content (AvgIpc) is 3.43. The summed E-state index contributed by atoms with van der Waals surface area (Å²) in [5.41, 5.74) is 14.9. The molecule has 0 aliphatic carbocycles. The first-order valence-corrected chi connectivity index (χ1v) is 37.2. The number of nitro benzene ring substituents is 3. The molecule has 4 N–H and O–H groups in total. The van der Waals surface area contributed by atoms with Gasteiger partial charge in [0.2, 0.25) is 0 Å². The summed E-state index contributed by atoms with van der Waals surface area (Å²) in [7, 11) is 9.87. The van der Waals surface area contributed by atoms with Crippen molar-refractivity contribution < 1.29 is 19.3 Å². The number of non-ortho nitro benzene ring substituents is 3. The van der Waals surface area contributed by atoms with E-state index in [0.29, 0.717) is 26.8 Å². The van der Waals surface area contributed by atoms with Crippen LogP contribution in [0.3, 0.4) is 0 Å². The number of rotatable bonds is 5. The van der Waals surface area contributed by atoms with Crippen molar-refractivity contribution in [3.63, 3.8) is 0 Å². The first-order valence-electron chi connectivity index (χ1n) is 22.7. The minimum atomic E-state index is -3.22. The second kappa shape index (κ2) is 32.8. The average molecular weight is 1380 g/mol. The molecule has 10 aromatic rings. The van der Waals surface area contributed by atoms with Crippen molar-refractivity contribution in [1.82, 2.24) is 24.9 Å². The summed E-state index contributed by atoms with van der Waals surface area (Å²) >= 11 is 22.3. The number of hydrogen-bond acceptors (Lipinski definition) is 15. The molecule has 424 valence electrons. The van der Waals surface area contributed by atoms with Crippen LogP contribution in [0.15, 0.2) is 147 Å². The van der Waals surface area contributed by atoms with Gasteiger partial charge in [0.1, 0.15) is 0 Å². The van der Waals surface area contributed by atoms with Gasteiger partial charge in [-0.25, -0.2) is 0 Å². The fraction of sp³-hybridized carbons (Fsp3) is 0.151. The van der Waals surface area contributed by atoms with Gasteiger partial charge in [-0.3, -0.25) is 59.4 Å². The number of hydrogen-bond donors (Lipinski definition) is 3. The Labute approximate surface area is 509 Å². The van der Waals surface area contributed by atoms with Crippen molar-refractivity contribution in [2.24, 2.45) is 0 Å². The second-order valence-corrected chi connectivity index (χ2v) is 29.5. The van der Waals surface area contributed by atoms with E-state index < -0.39 is 33.9 Å². The van der Waals surface area contributed by atoms with Crippen molar-refractivity contribution in [3.05, 3.63) is 212 Å². The Bertz CT molecular complexity index is 4060. The molecule has 0 spiro atoms. The Morgan fingerprint density at radius 1 is 0.531 bits per heavy atom. The first kappa shape index (κ1) is 69.5. The number of aromatic nitrogens is 5. The third kappa shape index (κ3) is 21.8. The molecular formula is C53H50Cl6N9O9PS2Sn. The fourth-order valence-corrected chi connectivity index (χ4v) is 8.97. The number of anilines is 1. The fourth-order valence-electron chi connectivity index (χ4n) is 7.32. The monoisotopic (exact) mass is 1380 g/mol. The van der Waals surface area contributed by atoms with E-state index in [4.69, 9.17) is 35.2 Å². The van der Waals surface area contributed by atoms with E-state index >= 15 is 0 Å². The van der Waals surface area contributed by atoms with Crippen molar-refractivity contribution in [1.29, 1.82) is 0 Å². The maximum absolute atomic E-state index is 11.5. The SMILES string of the molecule is C.CSc1cc(C)nc2ccc(N)cc12.CSc1cc(C)nc2ccc([N+](=O)[O-])cc12.Cc1cc(=O)c2cc([N+](=O)[O-])ccc2[nH]1.Cc1cc(=O)c2ccccc2[nH]1.Cc1cc(Cl)c2cc([N+](=O)[O-])ccc2n1.O=P(Cl)(Cl)Cl.[Cl][Sn][Cl]. The number of nitrogens with zero attached hydrogens (tertiary/aromatic N) is 6. The zero-order valence-corrected chi connectivity index (χ0v) is 53.0. The molecule has 0 saturated heterocycles. The number of nitrogen functional groups attached to an aromatic ring is 1. The normalized spacial score (nSPS) is 10.3. The van der Waals surface area contributed by atoms with E-state index in [0.717, 1.165) is 71.8 Å². The van der Waals surface area contributed by atoms with Crippen LogP contribution in [0.2, 0.25) is 5.02 Å². The van der Waals surface area contributed by atoms with Gasteiger partial charge < -0.3 is 15.7 Å². The van der Waals surface area contributed by atoms with Crippen LogP contribution in [0.25, 0.3) is 54.5 Å². The number of H-pyrrole nitrogens is 2. The van der Waals surface area contributed by atoms with Crippen LogP contribution in [0.4, 0.5) is 22.7 Å². The predicted molar refractivity (Wildman–Crippen MR) is 340 cm³/mol. The third-order valence-electron chi connectivity index (χ3n) is 10.6. The Morgan fingerprint density at radius 2 is 0.889 bits per heavy atom. The van der Waals surface area contributed by atoms with Crippen LogP contribution in [-0.4, -0.2) is 71.1 Å². The number of nitrogens with two attached hydrogens (primary N) is 1. The van der Waals surface area contributed by atoms with E-state index in [1.807, 2.05) is 82.5 Å². The van der Waals surface area contributed by atoms with E-state index in [2.05, 4.69) is 71.0 Å². The molecule has 0 aliphatic rings. The van der Waals surface area contributed by atoms with Crippen molar-refractivity contribution in [2.45, 2.75) is 51.8 Å². The Kier molecular flexibility index (Phi) is 28.1. The molecule has 10 rings (SSSR count). The third-order valence-corrected chi connectivity index (χ3v) is 12.4. The van der Waals surface area contributed by atoms with Gasteiger partial charge in [0.15, 0.2) is 10.9 Å². The molecule has 81 heavy (non-hydrogen) atoms. The summed E-state index contributed by atoms with van der Waals surface area (Å²) in [5.74, 6) is 0. The van der Waals surface area contributed by atoms with Crippen LogP contribution < -0.4 is 16.6 Å². The van der Waals surface area contributed by atoms with Gasteiger partial charge in [-0.15, -0.1) is 23.5 Å². The molecule has 0 unspecified atom stereocenters. The zero-order valence-electron chi connectivity index (χ0n) is 43.1. The predicted octanol–water partition coefficient (Wildman–Crippen LogP) is 17.2. The number of fused-ring (bicyclic) bond motifs is 5. The van der Waals surface area contributed by atoms with Gasteiger partial charge in [0.25, 0.3) is 17.1 Å². The standard InChI is InChI=1S/C11H10N2O2S.C11H12N2S.C10H7ClN2O2.C10H8N2O3.C10H9NO.CH4.Cl3OP.2ClH.Sn/c1-7-5-11(16-2)9-6-8(13(14)15)3-4-10(9)12-7;1-7-5-11(14-2)9-6-8(12)3-4-10(9)13-7;1-6-4-9(11)8-5-7(13(14)15)2-3-10(8)12-6;1-6-4-10(13)8-5-7(12(14)15)2-3-9(8)11-6;1-7-6-10(12)8-4-2-3-5-9(8)11-7;;1-5(2,3)4;;;/h3-6H,1-2H3;3-6H,12H2,1-2H3;2-5H,1H3;2-5H,1H3,(H,11,13);2-6H,1H3,(H,11,12);1H4;;2*1H;/q;;;;;;;;;+2/p-2. The van der Waals surface area contributed by atoms with Gasteiger partial charge in [-0.1, -0.05) is 31.2 Å². The molecule has 0 fully saturated rings. The van der Waals surface area contributed by atoms with Crippen molar-refractivity contribution in [2.75, 3.05) is 18.2 Å². The number of nitrogens with one attached hydrogen (secondary N) is 2. The summed E-state index contributed by atoms with van der Waals surface area (Å²) < 4.78 is 9.51. The number of aryl methyl sites for hydroxylation is 5. The topological polar surface area (TPSA) is 277 Å². The quantitative estimate of drug-likeness (QED) is 0.0361. The number of pyridine rings is 5. The Hall–Kier alpha value is -5.78. The number of aromatic amines is 2. The summed E-state index contributed by atoms with van der Waals surface area (Å²) in [6, 6.07) is 35.5. The molecule has 0 amide bonds. The minimum absolute atomic E-state index is 0. The first-order chi connectivity index (χ1) is 37.7. The summed E-state index contributed by atoms with van der Waals surface area (Å²) in [4.78, 5) is 74.7. The van der Waals surface area contributed by atoms with Crippen molar-refractivity contribution in [3.8, 4) is 0 Å². The number of benzene rings is 5. The van der Waals surface area contributed by atoms with E-state index in [1.165, 1.54) is 41.3 Å². The Balaban J connectivity index is 0.000000257. The summed E-state index contributed by atoms with van der Waals surface area (Å²) in [6.45, 7) is 9.40. The van der Waals surface area contributed by atoms with Gasteiger partial charge in [0.05, 0.1) is 41.7 Å². The molecule has 0 aliphatic heterocycles. The molecule has 0 bridgehead atoms. The van der Waals surface area contributed by atoms with Crippen LogP contribution in [0, 0.1) is 65.0 Å². The Morgan fingerprint density at radius 3 is 1.35 bits per heavy atom. The van der Waals surface area contributed by atoms with E-state index in [9.17, 15) is 44.5 Å². The molecule has 5 heterocycles. The van der Waals surface area contributed by atoms with Gasteiger partial charge in [-0.05, 0) is 148 Å². The van der Waals surface area contributed by atoms with Gasteiger partial charge in [0, 0.05) is 125 Å². The van der Waals surface area contributed by atoms with Crippen LogP contribution in [-0.2, 0) is 4.57 Å². The number of para-hydroxylation sites is 1. The number of thioether (sulfide) groups is 2. The molecule has 18 nitrogen and oxygen atoms in total. The number of halogens is 6. The molecular weight excluding hydrogens is 1330 g/mol. The van der Waals surface area contributed by atoms with Gasteiger partial charge >= 0.3 is 41.9 Å². The maximum atomic E-state index is 11.5. The van der Waals surface area contributed by atoms with E-state index in [1.54, 1.807) is 66.8 Å². The van der Waals surface area contributed by atoms with Crippen LogP contribution in [0.5, 0.6) is 0 Å². The molecule has 28 heteroatoms. The van der Waals surface area contributed by atoms with Crippen molar-refractivity contribution >= 4 is 188 Å². The number of nitro groups is 3. The summed E-state index contributed by atoms with van der Waals surface area (Å²) in [5, 5.41) is 32.7. The molecule has 0 atom stereocenters. The van der Waals surface area contributed by atoms with Crippen LogP contribution >= 0.6 is 91.9 Å².